The third-order valence-electron chi connectivity index (χ3n) is 4.52. The predicted octanol–water partition coefficient (Wildman–Crippen LogP) is 2.70. The van der Waals surface area contributed by atoms with Crippen molar-refractivity contribution in [2.45, 2.75) is 13.0 Å². The molecule has 3 N–H and O–H groups in total. The molecule has 29 heavy (non-hydrogen) atoms. The van der Waals surface area contributed by atoms with Crippen molar-refractivity contribution in [3.63, 3.8) is 0 Å². The molecule has 3 rings (SSSR count). The second kappa shape index (κ2) is 8.89. The normalized spacial score (nSPS) is 12.1. The molecule has 0 aliphatic heterocycles. The molecule has 0 amide bonds. The van der Waals surface area contributed by atoms with E-state index in [0.717, 1.165) is 16.5 Å². The number of rotatable bonds is 9. The molecule has 9 heteroatoms. The van der Waals surface area contributed by atoms with Crippen molar-refractivity contribution in [2.75, 3.05) is 39.2 Å². The molecular formula is C20H24N4O5. The number of aliphatic hydroxyl groups excluding tert-OH is 1. The number of pyridine rings is 1. The standard InChI is InChI=1S/C20H24N4O5/c1-12(25)11-21-6-7-22-20-14-5-4-13(24(26)27)8-16(14)23-17-10-19(29-3)18(28-2)9-15(17)20/h4-5,8-10,12,21,25H,6-7,11H2,1-3H3,(H,22,23)/t12-/m1/s1. The van der Waals surface area contributed by atoms with E-state index in [4.69, 9.17) is 9.47 Å². The zero-order valence-corrected chi connectivity index (χ0v) is 16.6. The minimum atomic E-state index is -0.437. The van der Waals surface area contributed by atoms with Crippen LogP contribution in [0.5, 0.6) is 11.5 Å². The van der Waals surface area contributed by atoms with Gasteiger partial charge < -0.3 is 25.2 Å². The van der Waals surface area contributed by atoms with Crippen LogP contribution in [0.3, 0.4) is 0 Å². The van der Waals surface area contributed by atoms with Crippen molar-refractivity contribution < 1.29 is 19.5 Å². The topological polar surface area (TPSA) is 119 Å². The third kappa shape index (κ3) is 4.47. The van der Waals surface area contributed by atoms with E-state index in [1.165, 1.54) is 12.1 Å². The first kappa shape index (κ1) is 20.6. The first-order chi connectivity index (χ1) is 13.9. The van der Waals surface area contributed by atoms with Gasteiger partial charge in [0.05, 0.1) is 42.0 Å². The average molecular weight is 400 g/mol. The molecule has 1 atom stereocenters. The second-order valence-electron chi connectivity index (χ2n) is 6.65. The number of anilines is 1. The summed E-state index contributed by atoms with van der Waals surface area (Å²) in [6, 6.07) is 8.22. The fourth-order valence-electron chi connectivity index (χ4n) is 3.15. The molecule has 2 aromatic carbocycles. The van der Waals surface area contributed by atoms with Crippen LogP contribution in [0.25, 0.3) is 21.8 Å². The monoisotopic (exact) mass is 400 g/mol. The van der Waals surface area contributed by atoms with E-state index in [2.05, 4.69) is 15.6 Å². The maximum Gasteiger partial charge on any atom is 0.271 e. The number of fused-ring (bicyclic) bond motifs is 2. The van der Waals surface area contributed by atoms with Crippen molar-refractivity contribution >= 4 is 33.2 Å². The molecule has 0 fully saturated rings. The van der Waals surface area contributed by atoms with Crippen molar-refractivity contribution in [3.05, 3.63) is 40.4 Å². The van der Waals surface area contributed by atoms with Crippen LogP contribution < -0.4 is 20.1 Å². The summed E-state index contributed by atoms with van der Waals surface area (Å²) in [6.45, 7) is 3.44. The minimum absolute atomic E-state index is 0.0191. The summed E-state index contributed by atoms with van der Waals surface area (Å²) in [5.41, 5.74) is 1.93. The number of hydrogen-bond acceptors (Lipinski definition) is 8. The highest BCUT2D eigenvalue weighted by molar-refractivity contribution is 6.08. The van der Waals surface area contributed by atoms with Gasteiger partial charge in [-0.25, -0.2) is 4.98 Å². The van der Waals surface area contributed by atoms with Crippen LogP contribution in [0.2, 0.25) is 0 Å². The Labute approximate surface area is 167 Å². The average Bonchev–Trinajstić information content (AvgIpc) is 2.71. The molecule has 0 aliphatic carbocycles. The van der Waals surface area contributed by atoms with Crippen LogP contribution >= 0.6 is 0 Å². The van der Waals surface area contributed by atoms with Gasteiger partial charge in [0.25, 0.3) is 5.69 Å². The molecule has 3 aromatic rings. The van der Waals surface area contributed by atoms with Gasteiger partial charge in [-0.3, -0.25) is 10.1 Å². The van der Waals surface area contributed by atoms with E-state index in [1.807, 2.05) is 6.07 Å². The van der Waals surface area contributed by atoms with Crippen molar-refractivity contribution in [2.24, 2.45) is 0 Å². The minimum Gasteiger partial charge on any atom is -0.493 e. The van der Waals surface area contributed by atoms with Crippen LogP contribution in [0.4, 0.5) is 11.4 Å². The molecule has 0 aliphatic rings. The molecule has 1 heterocycles. The SMILES string of the molecule is COc1cc2nc3cc([N+](=O)[O-])ccc3c(NCCNC[C@@H](C)O)c2cc1OC. The number of benzene rings is 2. The Balaban J connectivity index is 2.09. The Kier molecular flexibility index (Phi) is 6.30. The molecule has 0 saturated heterocycles. The lowest BCUT2D eigenvalue weighted by Crippen LogP contribution is -2.29. The number of nitrogens with zero attached hydrogens (tertiary/aromatic N) is 2. The Morgan fingerprint density at radius 2 is 1.79 bits per heavy atom. The van der Waals surface area contributed by atoms with Gasteiger partial charge in [0.2, 0.25) is 0 Å². The van der Waals surface area contributed by atoms with E-state index < -0.39 is 11.0 Å². The van der Waals surface area contributed by atoms with Gasteiger partial charge in [-0.2, -0.15) is 0 Å². The highest BCUT2D eigenvalue weighted by Gasteiger charge is 2.16. The van der Waals surface area contributed by atoms with E-state index in [0.29, 0.717) is 42.2 Å². The van der Waals surface area contributed by atoms with E-state index in [9.17, 15) is 15.2 Å². The summed E-state index contributed by atoms with van der Waals surface area (Å²) in [6.07, 6.45) is -0.421. The molecule has 0 unspecified atom stereocenters. The van der Waals surface area contributed by atoms with Gasteiger partial charge in [0.15, 0.2) is 11.5 Å². The van der Waals surface area contributed by atoms with Gasteiger partial charge in [0.1, 0.15) is 0 Å². The van der Waals surface area contributed by atoms with Crippen LogP contribution in [-0.4, -0.2) is 55.0 Å². The molecule has 0 bridgehead atoms. The molecule has 0 spiro atoms. The van der Waals surface area contributed by atoms with Gasteiger partial charge in [-0.15, -0.1) is 0 Å². The molecule has 0 saturated carbocycles. The van der Waals surface area contributed by atoms with E-state index >= 15 is 0 Å². The maximum atomic E-state index is 11.2. The number of nitro benzene ring substituents is 1. The quantitative estimate of drug-likeness (QED) is 0.217. The number of aromatic nitrogens is 1. The molecule has 154 valence electrons. The summed E-state index contributed by atoms with van der Waals surface area (Å²) >= 11 is 0. The van der Waals surface area contributed by atoms with E-state index in [1.54, 1.807) is 33.3 Å². The van der Waals surface area contributed by atoms with Crippen LogP contribution in [-0.2, 0) is 0 Å². The molecular weight excluding hydrogens is 376 g/mol. The summed E-state index contributed by atoms with van der Waals surface area (Å²) in [4.78, 5) is 15.3. The lowest BCUT2D eigenvalue weighted by molar-refractivity contribution is -0.384. The van der Waals surface area contributed by atoms with Crippen LogP contribution in [0.1, 0.15) is 6.92 Å². The first-order valence-electron chi connectivity index (χ1n) is 9.21. The van der Waals surface area contributed by atoms with Crippen LogP contribution in [0, 0.1) is 10.1 Å². The second-order valence-corrected chi connectivity index (χ2v) is 6.65. The lowest BCUT2D eigenvalue weighted by atomic mass is 10.1. The molecule has 0 radical (unpaired) electrons. The Morgan fingerprint density at radius 1 is 1.10 bits per heavy atom. The lowest BCUT2D eigenvalue weighted by Gasteiger charge is -2.16. The molecule has 9 nitrogen and oxygen atoms in total. The van der Waals surface area contributed by atoms with Gasteiger partial charge in [0, 0.05) is 48.6 Å². The Hall–Kier alpha value is -3.17. The maximum absolute atomic E-state index is 11.2. The first-order valence-corrected chi connectivity index (χ1v) is 9.21. The number of aliphatic hydroxyl groups is 1. The van der Waals surface area contributed by atoms with Crippen molar-refractivity contribution in [1.29, 1.82) is 0 Å². The Morgan fingerprint density at radius 3 is 2.45 bits per heavy atom. The molecule has 1 aromatic heterocycles. The highest BCUT2D eigenvalue weighted by atomic mass is 16.6. The third-order valence-corrected chi connectivity index (χ3v) is 4.52. The highest BCUT2D eigenvalue weighted by Crippen LogP contribution is 2.38. The van der Waals surface area contributed by atoms with Crippen LogP contribution in [0.15, 0.2) is 30.3 Å². The fraction of sp³-hybridized carbons (Fsp3) is 0.350. The largest absolute Gasteiger partial charge is 0.493 e. The summed E-state index contributed by atoms with van der Waals surface area (Å²) < 4.78 is 10.8. The summed E-state index contributed by atoms with van der Waals surface area (Å²) in [5.74, 6) is 1.10. The number of nitrogens with one attached hydrogen (secondary N) is 2. The number of non-ortho nitro benzene ring substituents is 1. The predicted molar refractivity (Wildman–Crippen MR) is 112 cm³/mol. The Bertz CT molecular complexity index is 1040. The number of methoxy groups -OCH3 is 2. The zero-order chi connectivity index (χ0) is 21.0. The number of ether oxygens (including phenoxy) is 2. The smallest absolute Gasteiger partial charge is 0.271 e. The number of nitro groups is 1. The van der Waals surface area contributed by atoms with E-state index in [-0.39, 0.29) is 5.69 Å². The van der Waals surface area contributed by atoms with Gasteiger partial charge in [-0.1, -0.05) is 0 Å². The van der Waals surface area contributed by atoms with Gasteiger partial charge in [-0.05, 0) is 19.1 Å². The summed E-state index contributed by atoms with van der Waals surface area (Å²) in [7, 11) is 3.11. The summed E-state index contributed by atoms with van der Waals surface area (Å²) in [5, 5.41) is 28.7. The van der Waals surface area contributed by atoms with Gasteiger partial charge >= 0.3 is 0 Å². The fourth-order valence-corrected chi connectivity index (χ4v) is 3.15. The zero-order valence-electron chi connectivity index (χ0n) is 16.6. The van der Waals surface area contributed by atoms with Crippen molar-refractivity contribution in [3.8, 4) is 11.5 Å². The van der Waals surface area contributed by atoms with Crippen molar-refractivity contribution in [1.82, 2.24) is 10.3 Å². The number of hydrogen-bond donors (Lipinski definition) is 3.